The van der Waals surface area contributed by atoms with Crippen molar-refractivity contribution in [3.8, 4) is 5.75 Å². The van der Waals surface area contributed by atoms with Crippen LogP contribution in [-0.2, 0) is 15.6 Å². The molecule has 3 heterocycles. The Morgan fingerprint density at radius 3 is 2.57 bits per heavy atom. The van der Waals surface area contributed by atoms with Gasteiger partial charge >= 0.3 is 6.61 Å². The first kappa shape index (κ1) is 18.8. The van der Waals surface area contributed by atoms with Crippen molar-refractivity contribution >= 4 is 15.9 Å². The molecule has 1 saturated heterocycles. The van der Waals surface area contributed by atoms with Crippen molar-refractivity contribution in [3.63, 3.8) is 0 Å². The lowest BCUT2D eigenvalue weighted by atomic mass is 9.95. The lowest BCUT2D eigenvalue weighted by Gasteiger charge is -2.44. The second-order valence-corrected chi connectivity index (χ2v) is 8.76. The fourth-order valence-corrected chi connectivity index (χ4v) is 5.32. The van der Waals surface area contributed by atoms with Gasteiger partial charge in [0.2, 0.25) is 10.0 Å². The Balaban J connectivity index is 1.63. The summed E-state index contributed by atoms with van der Waals surface area (Å²) < 4.78 is 56.2. The van der Waals surface area contributed by atoms with Crippen molar-refractivity contribution in [1.82, 2.24) is 14.2 Å². The molecule has 148 valence electrons. The molecule has 10 heteroatoms. The Hall–Kier alpha value is -2.59. The number of benzene rings is 1. The average molecular weight is 409 g/mol. The SMILES string of the molecule is CC12CN(S(=O)(=O)c3ccc(OC(F)F)cc3)CCN1C(=O)c1cccnc12. The quantitative estimate of drug-likeness (QED) is 0.772. The van der Waals surface area contributed by atoms with Gasteiger partial charge in [0.1, 0.15) is 5.75 Å². The number of carbonyl (C=O) groups is 1. The second kappa shape index (κ2) is 6.49. The molecule has 1 aromatic heterocycles. The number of sulfonamides is 1. The van der Waals surface area contributed by atoms with Crippen molar-refractivity contribution in [3.05, 3.63) is 53.9 Å². The van der Waals surface area contributed by atoms with E-state index in [2.05, 4.69) is 9.72 Å². The lowest BCUT2D eigenvalue weighted by Crippen LogP contribution is -2.58. The number of aromatic nitrogens is 1. The van der Waals surface area contributed by atoms with Crippen LogP contribution in [0.3, 0.4) is 0 Å². The summed E-state index contributed by atoms with van der Waals surface area (Å²) in [4.78, 5) is 18.6. The standard InChI is InChI=1S/C18H17F2N3O4S/c1-18-11-22(9-10-23(18)16(24)14-3-2-8-21-15(14)18)28(25,26)13-6-4-12(5-7-13)27-17(19)20/h2-8,17H,9-11H2,1H3. The van der Waals surface area contributed by atoms with Crippen LogP contribution in [0.2, 0.25) is 0 Å². The zero-order valence-corrected chi connectivity index (χ0v) is 15.7. The van der Waals surface area contributed by atoms with E-state index in [0.29, 0.717) is 11.3 Å². The summed E-state index contributed by atoms with van der Waals surface area (Å²) in [7, 11) is -3.88. The number of halogens is 2. The topological polar surface area (TPSA) is 79.8 Å². The van der Waals surface area contributed by atoms with E-state index in [1.54, 1.807) is 30.2 Å². The third-order valence-electron chi connectivity index (χ3n) is 5.13. The van der Waals surface area contributed by atoms with Gasteiger partial charge in [0.05, 0.1) is 21.7 Å². The van der Waals surface area contributed by atoms with E-state index in [9.17, 15) is 22.0 Å². The molecule has 1 amide bonds. The summed E-state index contributed by atoms with van der Waals surface area (Å²) >= 11 is 0. The van der Waals surface area contributed by atoms with E-state index in [4.69, 9.17) is 0 Å². The first-order chi connectivity index (χ1) is 13.2. The van der Waals surface area contributed by atoms with Crippen LogP contribution >= 0.6 is 0 Å². The number of hydrogen-bond acceptors (Lipinski definition) is 5. The number of carbonyl (C=O) groups excluding carboxylic acids is 1. The molecule has 0 saturated carbocycles. The van der Waals surface area contributed by atoms with Gasteiger partial charge in [0, 0.05) is 25.8 Å². The van der Waals surface area contributed by atoms with Gasteiger partial charge in [-0.3, -0.25) is 9.78 Å². The van der Waals surface area contributed by atoms with E-state index in [-0.39, 0.29) is 36.2 Å². The van der Waals surface area contributed by atoms with E-state index >= 15 is 0 Å². The number of hydrogen-bond donors (Lipinski definition) is 0. The van der Waals surface area contributed by atoms with Crippen molar-refractivity contribution < 1.29 is 26.7 Å². The molecule has 4 rings (SSSR count). The van der Waals surface area contributed by atoms with Gasteiger partial charge in [-0.15, -0.1) is 0 Å². The Morgan fingerprint density at radius 2 is 1.89 bits per heavy atom. The minimum atomic E-state index is -3.88. The van der Waals surface area contributed by atoms with Gasteiger partial charge < -0.3 is 9.64 Å². The second-order valence-electron chi connectivity index (χ2n) is 6.82. The number of amides is 1. The summed E-state index contributed by atoms with van der Waals surface area (Å²) in [6.07, 6.45) is 1.58. The van der Waals surface area contributed by atoms with E-state index in [1.807, 2.05) is 0 Å². The molecule has 7 nitrogen and oxygen atoms in total. The summed E-state index contributed by atoms with van der Waals surface area (Å²) in [6, 6.07) is 8.20. The molecule has 0 N–H and O–H groups in total. The van der Waals surface area contributed by atoms with E-state index in [1.165, 1.54) is 28.6 Å². The van der Waals surface area contributed by atoms with Crippen LogP contribution in [-0.4, -0.2) is 54.8 Å². The third kappa shape index (κ3) is 2.83. The molecule has 1 fully saturated rings. The number of fused-ring (bicyclic) bond motifs is 3. The normalized spacial score (nSPS) is 22.3. The zero-order chi connectivity index (χ0) is 20.1. The van der Waals surface area contributed by atoms with Gasteiger partial charge in [0.25, 0.3) is 5.91 Å². The molecule has 2 aliphatic rings. The van der Waals surface area contributed by atoms with Crippen LogP contribution in [0.5, 0.6) is 5.75 Å². The van der Waals surface area contributed by atoms with Crippen molar-refractivity contribution in [2.24, 2.45) is 0 Å². The van der Waals surface area contributed by atoms with Gasteiger partial charge in [-0.2, -0.15) is 13.1 Å². The highest BCUT2D eigenvalue weighted by molar-refractivity contribution is 7.89. The van der Waals surface area contributed by atoms with Crippen LogP contribution in [0, 0.1) is 0 Å². The number of ether oxygens (including phenoxy) is 1. The molecule has 1 unspecified atom stereocenters. The Bertz CT molecular complexity index is 1030. The molecular formula is C18H17F2N3O4S. The number of alkyl halides is 2. The smallest absolute Gasteiger partial charge is 0.387 e. The summed E-state index contributed by atoms with van der Waals surface area (Å²) in [5.74, 6) is -0.276. The molecule has 0 spiro atoms. The molecule has 1 atom stereocenters. The average Bonchev–Trinajstić information content (AvgIpc) is 2.89. The van der Waals surface area contributed by atoms with Gasteiger partial charge in [0.15, 0.2) is 0 Å². The maximum Gasteiger partial charge on any atom is 0.387 e. The molecule has 0 radical (unpaired) electrons. The molecule has 2 aliphatic heterocycles. The Labute approximate surface area is 160 Å². The van der Waals surface area contributed by atoms with Gasteiger partial charge in [-0.05, 0) is 43.3 Å². The molecule has 0 aliphatic carbocycles. The maximum atomic E-state index is 13.1. The summed E-state index contributed by atoms with van der Waals surface area (Å²) in [5.41, 5.74) is 0.177. The van der Waals surface area contributed by atoms with Crippen LogP contribution in [0.25, 0.3) is 0 Å². The number of piperazine rings is 1. The Kier molecular flexibility index (Phi) is 4.35. The first-order valence-electron chi connectivity index (χ1n) is 8.56. The summed E-state index contributed by atoms with van der Waals surface area (Å²) in [6.45, 7) is -0.765. The molecule has 28 heavy (non-hydrogen) atoms. The Morgan fingerprint density at radius 1 is 1.18 bits per heavy atom. The predicted molar refractivity (Wildman–Crippen MR) is 94.5 cm³/mol. The zero-order valence-electron chi connectivity index (χ0n) is 14.9. The highest BCUT2D eigenvalue weighted by atomic mass is 32.2. The van der Waals surface area contributed by atoms with E-state index in [0.717, 1.165) is 0 Å². The summed E-state index contributed by atoms with van der Waals surface area (Å²) in [5, 5.41) is 0. The van der Waals surface area contributed by atoms with Crippen LogP contribution < -0.4 is 4.74 Å². The van der Waals surface area contributed by atoms with Gasteiger partial charge in [-0.25, -0.2) is 8.42 Å². The highest BCUT2D eigenvalue weighted by Crippen LogP contribution is 2.41. The fraction of sp³-hybridized carbons (Fsp3) is 0.333. The highest BCUT2D eigenvalue weighted by Gasteiger charge is 2.52. The van der Waals surface area contributed by atoms with Crippen molar-refractivity contribution in [2.75, 3.05) is 19.6 Å². The minimum absolute atomic E-state index is 0.0308. The molecule has 1 aromatic carbocycles. The van der Waals surface area contributed by atoms with Crippen LogP contribution in [0.1, 0.15) is 23.0 Å². The van der Waals surface area contributed by atoms with Crippen LogP contribution in [0.4, 0.5) is 8.78 Å². The van der Waals surface area contributed by atoms with Crippen molar-refractivity contribution in [2.45, 2.75) is 24.0 Å². The van der Waals surface area contributed by atoms with Gasteiger partial charge in [-0.1, -0.05) is 0 Å². The maximum absolute atomic E-state index is 13.1. The molecule has 0 bridgehead atoms. The molecule has 2 aromatic rings. The molecular weight excluding hydrogens is 392 g/mol. The third-order valence-corrected chi connectivity index (χ3v) is 6.99. The first-order valence-corrected chi connectivity index (χ1v) is 10.00. The number of nitrogens with zero attached hydrogens (tertiary/aromatic N) is 3. The minimum Gasteiger partial charge on any atom is -0.435 e. The van der Waals surface area contributed by atoms with Crippen molar-refractivity contribution in [1.29, 1.82) is 0 Å². The lowest BCUT2D eigenvalue weighted by molar-refractivity contribution is -0.0498. The fourth-order valence-electron chi connectivity index (χ4n) is 3.79. The largest absolute Gasteiger partial charge is 0.435 e. The van der Waals surface area contributed by atoms with Crippen LogP contribution in [0.15, 0.2) is 47.5 Å². The monoisotopic (exact) mass is 409 g/mol. The number of rotatable bonds is 4. The van der Waals surface area contributed by atoms with E-state index < -0.39 is 22.2 Å². The predicted octanol–water partition coefficient (Wildman–Crippen LogP) is 2.06. The number of pyridine rings is 1.